The molecule has 0 saturated carbocycles. The largest absolute Gasteiger partial charge is 0.357 e. The average Bonchev–Trinajstić information content (AvgIpc) is 2.88. The molecule has 142 valence electrons. The summed E-state index contributed by atoms with van der Waals surface area (Å²) < 4.78 is 2.02. The van der Waals surface area contributed by atoms with Crippen LogP contribution >= 0.6 is 0 Å². The summed E-state index contributed by atoms with van der Waals surface area (Å²) in [5.41, 5.74) is 2.23. The van der Waals surface area contributed by atoms with Crippen LogP contribution < -0.4 is 16.0 Å². The molecule has 0 aliphatic rings. The lowest BCUT2D eigenvalue weighted by Crippen LogP contribution is -2.40. The number of amides is 1. The molecule has 0 radical (unpaired) electrons. The second-order valence-corrected chi connectivity index (χ2v) is 6.32. The van der Waals surface area contributed by atoms with Crippen molar-refractivity contribution in [2.24, 2.45) is 4.99 Å². The number of carbonyl (C=O) groups is 1. The first-order chi connectivity index (χ1) is 12.0. The van der Waals surface area contributed by atoms with Gasteiger partial charge >= 0.3 is 0 Å². The van der Waals surface area contributed by atoms with Crippen LogP contribution in [-0.2, 0) is 11.3 Å². The number of carbonyl (C=O) groups excluding carboxylic acids is 1. The minimum atomic E-state index is 0.0715. The number of aryl methyl sites for hydroxylation is 3. The summed E-state index contributed by atoms with van der Waals surface area (Å²) in [7, 11) is 0. The standard InChI is InChI=1S/C18H34N6O/c1-6-14(3)22-17(25)9-11-21-18(19-7-2)20-10-8-12-24-16(5)13-15(4)23-24/h13-14H,6-12H2,1-5H3,(H,22,25)(H2,19,20,21). The van der Waals surface area contributed by atoms with Crippen molar-refractivity contribution in [1.82, 2.24) is 25.7 Å². The maximum atomic E-state index is 11.8. The number of guanidine groups is 1. The fourth-order valence-corrected chi connectivity index (χ4v) is 2.40. The minimum absolute atomic E-state index is 0.0715. The van der Waals surface area contributed by atoms with E-state index in [2.05, 4.69) is 46.0 Å². The first-order valence-electron chi connectivity index (χ1n) is 9.28. The quantitative estimate of drug-likeness (QED) is 0.341. The Morgan fingerprint density at radius 1 is 1.32 bits per heavy atom. The van der Waals surface area contributed by atoms with Gasteiger partial charge in [-0.15, -0.1) is 0 Å². The van der Waals surface area contributed by atoms with Crippen LogP contribution in [0.5, 0.6) is 0 Å². The van der Waals surface area contributed by atoms with E-state index in [1.54, 1.807) is 0 Å². The summed E-state index contributed by atoms with van der Waals surface area (Å²) in [5, 5.41) is 13.8. The Bertz CT molecular complexity index is 552. The lowest BCUT2D eigenvalue weighted by Gasteiger charge is -2.13. The van der Waals surface area contributed by atoms with Gasteiger partial charge in [-0.2, -0.15) is 5.10 Å². The van der Waals surface area contributed by atoms with Crippen LogP contribution in [0.2, 0.25) is 0 Å². The van der Waals surface area contributed by atoms with Gasteiger partial charge in [-0.05, 0) is 46.6 Å². The molecule has 1 unspecified atom stereocenters. The number of aliphatic imine (C=N–C) groups is 1. The molecule has 0 saturated heterocycles. The van der Waals surface area contributed by atoms with Crippen LogP contribution in [0.1, 0.15) is 51.4 Å². The number of rotatable bonds is 10. The lowest BCUT2D eigenvalue weighted by molar-refractivity contribution is -0.121. The molecular weight excluding hydrogens is 316 g/mol. The molecule has 0 aromatic carbocycles. The Hall–Kier alpha value is -2.05. The fraction of sp³-hybridized carbons (Fsp3) is 0.722. The number of aromatic nitrogens is 2. The van der Waals surface area contributed by atoms with Gasteiger partial charge in [-0.1, -0.05) is 6.92 Å². The molecule has 1 aromatic rings. The van der Waals surface area contributed by atoms with Gasteiger partial charge in [0.05, 0.1) is 5.69 Å². The molecule has 0 spiro atoms. The van der Waals surface area contributed by atoms with Gasteiger partial charge in [0.2, 0.25) is 5.91 Å². The highest BCUT2D eigenvalue weighted by atomic mass is 16.1. The highest BCUT2D eigenvalue weighted by molar-refractivity contribution is 5.81. The van der Waals surface area contributed by atoms with Crippen molar-refractivity contribution >= 4 is 11.9 Å². The zero-order valence-corrected chi connectivity index (χ0v) is 16.4. The maximum Gasteiger partial charge on any atom is 0.221 e. The van der Waals surface area contributed by atoms with E-state index in [1.807, 2.05) is 25.5 Å². The Morgan fingerprint density at radius 2 is 2.08 bits per heavy atom. The van der Waals surface area contributed by atoms with E-state index in [0.29, 0.717) is 19.5 Å². The Labute approximate surface area is 151 Å². The normalized spacial score (nSPS) is 12.8. The molecule has 0 fully saturated rings. The van der Waals surface area contributed by atoms with Crippen molar-refractivity contribution in [2.75, 3.05) is 19.6 Å². The highest BCUT2D eigenvalue weighted by Crippen LogP contribution is 2.02. The lowest BCUT2D eigenvalue weighted by atomic mass is 10.2. The van der Waals surface area contributed by atoms with Crippen LogP contribution in [0.25, 0.3) is 0 Å². The minimum Gasteiger partial charge on any atom is -0.357 e. The van der Waals surface area contributed by atoms with Gasteiger partial charge in [0.1, 0.15) is 0 Å². The second kappa shape index (κ2) is 11.5. The number of hydrogen-bond acceptors (Lipinski definition) is 3. The average molecular weight is 351 g/mol. The SMILES string of the molecule is CCNC(=NCCCn1nc(C)cc1C)NCCC(=O)NC(C)CC. The fourth-order valence-electron chi connectivity index (χ4n) is 2.40. The van der Waals surface area contributed by atoms with E-state index in [0.717, 1.165) is 37.6 Å². The Kier molecular flexibility index (Phi) is 9.65. The molecule has 7 nitrogen and oxygen atoms in total. The first-order valence-corrected chi connectivity index (χ1v) is 9.28. The number of nitrogens with one attached hydrogen (secondary N) is 3. The molecule has 25 heavy (non-hydrogen) atoms. The van der Waals surface area contributed by atoms with Crippen molar-refractivity contribution in [3.63, 3.8) is 0 Å². The van der Waals surface area contributed by atoms with Gasteiger partial charge in [0.25, 0.3) is 0 Å². The molecule has 1 amide bonds. The molecule has 1 atom stereocenters. The monoisotopic (exact) mass is 350 g/mol. The molecule has 3 N–H and O–H groups in total. The molecule has 0 aliphatic carbocycles. The van der Waals surface area contributed by atoms with E-state index in [1.165, 1.54) is 5.69 Å². The summed E-state index contributed by atoms with van der Waals surface area (Å²) >= 11 is 0. The smallest absolute Gasteiger partial charge is 0.221 e. The maximum absolute atomic E-state index is 11.8. The molecule has 7 heteroatoms. The van der Waals surface area contributed by atoms with Gasteiger partial charge < -0.3 is 16.0 Å². The molecular formula is C18H34N6O. The predicted octanol–water partition coefficient (Wildman–Crippen LogP) is 1.75. The molecule has 0 aliphatic heterocycles. The van der Waals surface area contributed by atoms with E-state index in [4.69, 9.17) is 0 Å². The first kappa shape index (κ1) is 21.0. The van der Waals surface area contributed by atoms with Crippen molar-refractivity contribution in [3.05, 3.63) is 17.5 Å². The van der Waals surface area contributed by atoms with Crippen molar-refractivity contribution < 1.29 is 4.79 Å². The summed E-state index contributed by atoms with van der Waals surface area (Å²) in [6.07, 6.45) is 2.31. The zero-order valence-electron chi connectivity index (χ0n) is 16.4. The topological polar surface area (TPSA) is 83.3 Å². The summed E-state index contributed by atoms with van der Waals surface area (Å²) in [6, 6.07) is 2.31. The predicted molar refractivity (Wildman–Crippen MR) is 103 cm³/mol. The number of nitrogens with zero attached hydrogens (tertiary/aromatic N) is 3. The van der Waals surface area contributed by atoms with Gasteiger partial charge in [-0.3, -0.25) is 14.5 Å². The third kappa shape index (κ3) is 8.56. The summed E-state index contributed by atoms with van der Waals surface area (Å²) in [6.45, 7) is 13.1. The second-order valence-electron chi connectivity index (χ2n) is 6.32. The highest BCUT2D eigenvalue weighted by Gasteiger charge is 2.06. The van der Waals surface area contributed by atoms with Gasteiger partial charge in [-0.25, -0.2) is 0 Å². The third-order valence-corrected chi connectivity index (χ3v) is 3.91. The van der Waals surface area contributed by atoms with Gasteiger partial charge in [0.15, 0.2) is 5.96 Å². The molecule has 1 rings (SSSR count). The van der Waals surface area contributed by atoms with Crippen molar-refractivity contribution in [1.29, 1.82) is 0 Å². The van der Waals surface area contributed by atoms with Crippen molar-refractivity contribution in [3.8, 4) is 0 Å². The third-order valence-electron chi connectivity index (χ3n) is 3.91. The van der Waals surface area contributed by atoms with Crippen LogP contribution in [-0.4, -0.2) is 47.3 Å². The molecule has 1 aromatic heterocycles. The summed E-state index contributed by atoms with van der Waals surface area (Å²) in [4.78, 5) is 16.3. The zero-order chi connectivity index (χ0) is 18.7. The number of hydrogen-bond donors (Lipinski definition) is 3. The van der Waals surface area contributed by atoms with E-state index in [9.17, 15) is 4.79 Å². The molecule has 0 bridgehead atoms. The van der Waals surface area contributed by atoms with Crippen LogP contribution in [0.15, 0.2) is 11.1 Å². The summed E-state index contributed by atoms with van der Waals surface area (Å²) in [5.74, 6) is 0.828. The van der Waals surface area contributed by atoms with Crippen molar-refractivity contribution in [2.45, 2.75) is 66.5 Å². The van der Waals surface area contributed by atoms with Crippen LogP contribution in [0, 0.1) is 13.8 Å². The van der Waals surface area contributed by atoms with Crippen LogP contribution in [0.4, 0.5) is 0 Å². The van der Waals surface area contributed by atoms with E-state index >= 15 is 0 Å². The van der Waals surface area contributed by atoms with E-state index < -0.39 is 0 Å². The van der Waals surface area contributed by atoms with E-state index in [-0.39, 0.29) is 11.9 Å². The van der Waals surface area contributed by atoms with Crippen LogP contribution in [0.3, 0.4) is 0 Å². The molecule has 1 heterocycles. The Balaban J connectivity index is 2.33. The Morgan fingerprint density at radius 3 is 2.68 bits per heavy atom. The van der Waals surface area contributed by atoms with Gasteiger partial charge in [0, 0.05) is 44.3 Å².